The zero-order valence-corrected chi connectivity index (χ0v) is 34.1. The standard InChI is InChI=1S/C46H51NO13/c1-26(48)57-37-32-21-31(58-42(54)36(51)35(29-17-11-7-12-18-29)47-24-28-15-9-6-10-16-28)23-46(55,43(32,3)4)40(59-41(53)30-19-13-8-14-20-30)38-44(5,39(37)52)33(50)22-34-45(38,25-56-34)60-27(2)49/h6-21,31,33-38,40,47,50-51,55H,22-25H2,1-5H3/t31-,33+,34-,35+,36-,37-,38+,40+,44-,45+,46-/m1/s1. The Hall–Kier alpha value is -5.25. The van der Waals surface area contributed by atoms with Crippen molar-refractivity contribution in [2.45, 2.75) is 108 Å². The van der Waals surface area contributed by atoms with Crippen molar-refractivity contribution in [3.05, 3.63) is 119 Å². The van der Waals surface area contributed by atoms with E-state index in [-0.39, 0.29) is 30.7 Å². The number of aliphatic hydroxyl groups is 3. The monoisotopic (exact) mass is 825 g/mol. The Bertz CT molecular complexity index is 2140. The third kappa shape index (κ3) is 7.34. The third-order valence-electron chi connectivity index (χ3n) is 13.1. The van der Waals surface area contributed by atoms with Gasteiger partial charge in [-0.1, -0.05) is 92.7 Å². The Morgan fingerprint density at radius 1 is 0.867 bits per heavy atom. The molecular formula is C46H51NO13. The number of esters is 4. The molecule has 11 atom stereocenters. The van der Waals surface area contributed by atoms with Crippen molar-refractivity contribution in [3.8, 4) is 0 Å². The number of carbonyl (C=O) groups is 5. The number of ether oxygens (including phenoxy) is 5. The Morgan fingerprint density at radius 3 is 2.07 bits per heavy atom. The number of hydrogen-bond acceptors (Lipinski definition) is 14. The van der Waals surface area contributed by atoms with Crippen LogP contribution < -0.4 is 5.32 Å². The van der Waals surface area contributed by atoms with Gasteiger partial charge < -0.3 is 44.3 Å². The molecule has 1 saturated heterocycles. The number of Topliss-reactive ketones (excluding diaryl/α,β-unsaturated/α-hetero) is 1. The van der Waals surface area contributed by atoms with Gasteiger partial charge >= 0.3 is 23.9 Å². The minimum Gasteiger partial charge on any atom is -0.456 e. The molecule has 3 fully saturated rings. The van der Waals surface area contributed by atoms with Gasteiger partial charge in [0, 0.05) is 38.6 Å². The molecule has 3 aromatic carbocycles. The van der Waals surface area contributed by atoms with E-state index in [1.807, 2.05) is 30.3 Å². The van der Waals surface area contributed by atoms with Crippen molar-refractivity contribution in [2.24, 2.45) is 16.7 Å². The molecule has 4 N–H and O–H groups in total. The first-order valence-electron chi connectivity index (χ1n) is 20.1. The minimum atomic E-state index is -2.32. The molecule has 0 spiro atoms. The lowest BCUT2D eigenvalue weighted by Crippen LogP contribution is -2.81. The highest BCUT2D eigenvalue weighted by Gasteiger charge is 2.78. The van der Waals surface area contributed by atoms with Crippen LogP contribution in [0.4, 0.5) is 0 Å². The number of aliphatic hydroxyl groups excluding tert-OH is 2. The van der Waals surface area contributed by atoms with Crippen LogP contribution in [0, 0.1) is 16.7 Å². The summed E-state index contributed by atoms with van der Waals surface area (Å²) in [5.41, 5.74) is -6.09. The van der Waals surface area contributed by atoms with Gasteiger partial charge in [-0.25, -0.2) is 9.59 Å². The molecule has 3 aromatic rings. The van der Waals surface area contributed by atoms with Crippen LogP contribution in [-0.2, 0) is 49.4 Å². The van der Waals surface area contributed by atoms with Crippen LogP contribution in [0.3, 0.4) is 0 Å². The van der Waals surface area contributed by atoms with Crippen molar-refractivity contribution in [1.82, 2.24) is 5.32 Å². The van der Waals surface area contributed by atoms with Crippen LogP contribution in [0.1, 0.15) is 75.0 Å². The van der Waals surface area contributed by atoms with Gasteiger partial charge in [0.05, 0.1) is 35.6 Å². The topological polar surface area (TPSA) is 204 Å². The van der Waals surface area contributed by atoms with Crippen LogP contribution in [0.15, 0.2) is 103 Å². The number of ketones is 1. The molecule has 2 bridgehead atoms. The molecule has 0 aromatic heterocycles. The van der Waals surface area contributed by atoms with E-state index >= 15 is 4.79 Å². The number of carbonyl (C=O) groups excluding carboxylic acids is 5. The van der Waals surface area contributed by atoms with Crippen LogP contribution >= 0.6 is 0 Å². The summed E-state index contributed by atoms with van der Waals surface area (Å²) >= 11 is 0. The largest absolute Gasteiger partial charge is 0.456 e. The summed E-state index contributed by atoms with van der Waals surface area (Å²) in [5, 5.41) is 40.5. The van der Waals surface area contributed by atoms with Crippen molar-refractivity contribution >= 4 is 29.7 Å². The first kappa shape index (κ1) is 42.9. The molecule has 3 aliphatic carbocycles. The van der Waals surface area contributed by atoms with Gasteiger partial charge in [0.25, 0.3) is 0 Å². The molecule has 14 heteroatoms. The molecule has 1 heterocycles. The molecule has 60 heavy (non-hydrogen) atoms. The Balaban J connectivity index is 1.35. The molecule has 14 nitrogen and oxygen atoms in total. The zero-order chi connectivity index (χ0) is 43.2. The second-order valence-electron chi connectivity index (χ2n) is 17.0. The average Bonchev–Trinajstić information content (AvgIpc) is 3.21. The predicted molar refractivity (Wildman–Crippen MR) is 212 cm³/mol. The molecule has 7 rings (SSSR count). The molecule has 2 saturated carbocycles. The maximum Gasteiger partial charge on any atom is 0.338 e. The number of fused-ring (bicyclic) bond motifs is 5. The highest BCUT2D eigenvalue weighted by molar-refractivity contribution is 5.95. The Labute approximate surface area is 347 Å². The fourth-order valence-electron chi connectivity index (χ4n) is 9.80. The van der Waals surface area contributed by atoms with E-state index in [1.54, 1.807) is 62.4 Å². The fraction of sp³-hybridized carbons (Fsp3) is 0.457. The molecule has 0 unspecified atom stereocenters. The van der Waals surface area contributed by atoms with Gasteiger partial charge in [0.15, 0.2) is 23.6 Å². The van der Waals surface area contributed by atoms with Gasteiger partial charge in [0.1, 0.15) is 23.9 Å². The summed E-state index contributed by atoms with van der Waals surface area (Å²) in [6.07, 6.45) is -8.51. The molecule has 0 amide bonds. The Morgan fingerprint density at radius 2 is 1.48 bits per heavy atom. The number of nitrogens with one attached hydrogen (secondary N) is 1. The lowest BCUT2D eigenvalue weighted by atomic mass is 9.45. The maximum absolute atomic E-state index is 15.3. The van der Waals surface area contributed by atoms with Gasteiger partial charge in [-0.2, -0.15) is 0 Å². The SMILES string of the molecule is CC(=O)O[C@H]1C(=O)[C@@]2(C)[C@H]([C@H](OC(=O)c3ccccc3)[C@]3(O)C[C@H](OC(=O)[C@H](O)[C@@H](NCc4ccccc4)c4ccccc4)C=C1C3(C)C)[C@]1(OC(C)=O)CO[C@@H]1C[C@@H]2O. The lowest BCUT2D eigenvalue weighted by molar-refractivity contribution is -0.345. The maximum atomic E-state index is 15.3. The number of rotatable bonds is 11. The smallest absolute Gasteiger partial charge is 0.338 e. The van der Waals surface area contributed by atoms with Crippen molar-refractivity contribution in [3.63, 3.8) is 0 Å². The second-order valence-corrected chi connectivity index (χ2v) is 17.0. The summed E-state index contributed by atoms with van der Waals surface area (Å²) in [6.45, 7) is 6.85. The van der Waals surface area contributed by atoms with E-state index in [9.17, 15) is 34.5 Å². The van der Waals surface area contributed by atoms with Crippen molar-refractivity contribution < 1.29 is 63.0 Å². The van der Waals surface area contributed by atoms with Crippen LogP contribution in [0.2, 0.25) is 0 Å². The zero-order valence-electron chi connectivity index (χ0n) is 34.1. The highest BCUT2D eigenvalue weighted by Crippen LogP contribution is 2.63. The molecule has 318 valence electrons. The van der Waals surface area contributed by atoms with Crippen LogP contribution in [0.5, 0.6) is 0 Å². The quantitative estimate of drug-likeness (QED) is 0.124. The summed E-state index contributed by atoms with van der Waals surface area (Å²) in [7, 11) is 0. The molecular weight excluding hydrogens is 774 g/mol. The van der Waals surface area contributed by atoms with Gasteiger partial charge in [-0.15, -0.1) is 0 Å². The van der Waals surface area contributed by atoms with E-state index in [0.29, 0.717) is 5.56 Å². The summed E-state index contributed by atoms with van der Waals surface area (Å²) in [4.78, 5) is 69.5. The predicted octanol–water partition coefficient (Wildman–Crippen LogP) is 3.71. The van der Waals surface area contributed by atoms with E-state index in [2.05, 4.69) is 5.32 Å². The highest BCUT2D eigenvalue weighted by atomic mass is 16.6. The van der Waals surface area contributed by atoms with E-state index in [0.717, 1.165) is 12.5 Å². The summed E-state index contributed by atoms with van der Waals surface area (Å²) < 4.78 is 30.1. The van der Waals surface area contributed by atoms with Gasteiger partial charge in [-0.3, -0.25) is 14.4 Å². The molecule has 1 aliphatic heterocycles. The van der Waals surface area contributed by atoms with Gasteiger partial charge in [0.2, 0.25) is 0 Å². The molecule has 0 radical (unpaired) electrons. The summed E-state index contributed by atoms with van der Waals surface area (Å²) in [5.74, 6) is -5.94. The van der Waals surface area contributed by atoms with E-state index in [4.69, 9.17) is 23.7 Å². The number of hydrogen-bond donors (Lipinski definition) is 4. The van der Waals surface area contributed by atoms with Crippen LogP contribution in [-0.4, -0.2) is 99.4 Å². The summed E-state index contributed by atoms with van der Waals surface area (Å²) in [6, 6.07) is 25.2. The van der Waals surface area contributed by atoms with E-state index < -0.39 is 107 Å². The first-order chi connectivity index (χ1) is 28.4. The average molecular weight is 826 g/mol. The second kappa shape index (κ2) is 16.3. The first-order valence-corrected chi connectivity index (χ1v) is 20.1. The number of benzene rings is 3. The fourth-order valence-corrected chi connectivity index (χ4v) is 9.80. The van der Waals surface area contributed by atoms with Crippen molar-refractivity contribution in [1.29, 1.82) is 0 Å². The third-order valence-corrected chi connectivity index (χ3v) is 13.1. The normalized spacial score (nSPS) is 32.5. The minimum absolute atomic E-state index is 0.00621. The molecule has 4 aliphatic rings. The van der Waals surface area contributed by atoms with Crippen LogP contribution in [0.25, 0.3) is 0 Å². The van der Waals surface area contributed by atoms with E-state index in [1.165, 1.54) is 32.1 Å². The van der Waals surface area contributed by atoms with Crippen molar-refractivity contribution in [2.75, 3.05) is 6.61 Å². The lowest BCUT2D eigenvalue weighted by Gasteiger charge is -2.67. The Kier molecular flexibility index (Phi) is 11.7. The van der Waals surface area contributed by atoms with Gasteiger partial charge in [-0.05, 0) is 41.8 Å².